The molecule has 0 unspecified atom stereocenters. The fourth-order valence-electron chi connectivity index (χ4n) is 3.57. The second-order valence-electron chi connectivity index (χ2n) is 7.89. The third-order valence-electron chi connectivity index (χ3n) is 5.39. The summed E-state index contributed by atoms with van der Waals surface area (Å²) in [7, 11) is -4.50. The quantitative estimate of drug-likeness (QED) is 0.328. The first kappa shape index (κ1) is 25.5. The van der Waals surface area contributed by atoms with E-state index < -0.39 is 32.4 Å². The maximum atomic E-state index is 14.8. The molecule has 12 heteroatoms. The highest BCUT2D eigenvalue weighted by Crippen LogP contribution is 2.35. The van der Waals surface area contributed by atoms with Gasteiger partial charge in [-0.3, -0.25) is 9.71 Å². The highest BCUT2D eigenvalue weighted by molar-refractivity contribution is 7.92. The second kappa shape index (κ2) is 10.2. The predicted octanol–water partition coefficient (Wildman–Crippen LogP) is 5.21. The third-order valence-corrected chi connectivity index (χ3v) is 7.05. The summed E-state index contributed by atoms with van der Waals surface area (Å²) in [5, 5.41) is -0.226. The average molecular weight is 534 g/mol. The molecule has 0 fully saturated rings. The number of anilines is 1. The molecule has 0 saturated heterocycles. The van der Waals surface area contributed by atoms with Crippen molar-refractivity contribution in [2.75, 3.05) is 4.72 Å². The number of aromatic nitrogens is 4. The van der Waals surface area contributed by atoms with Gasteiger partial charge in [0, 0.05) is 41.0 Å². The molecule has 0 aliphatic rings. The van der Waals surface area contributed by atoms with Crippen LogP contribution >= 0.6 is 11.6 Å². The monoisotopic (exact) mass is 533 g/mol. The molecule has 4 rings (SSSR count). The van der Waals surface area contributed by atoms with Crippen LogP contribution in [-0.2, 0) is 22.9 Å². The number of halogens is 4. The Morgan fingerprint density at radius 1 is 0.889 bits per heavy atom. The molecule has 3 aromatic heterocycles. The summed E-state index contributed by atoms with van der Waals surface area (Å²) in [4.78, 5) is 15.7. The Balaban J connectivity index is 1.67. The topological polar surface area (TPSA) is 97.7 Å². The van der Waals surface area contributed by atoms with Crippen molar-refractivity contribution in [2.45, 2.75) is 31.6 Å². The van der Waals surface area contributed by atoms with Crippen molar-refractivity contribution in [3.05, 3.63) is 94.3 Å². The zero-order valence-corrected chi connectivity index (χ0v) is 20.6. The molecule has 4 aromatic rings. The summed E-state index contributed by atoms with van der Waals surface area (Å²) in [6.07, 6.45) is 5.05. The van der Waals surface area contributed by atoms with Crippen molar-refractivity contribution in [1.29, 1.82) is 0 Å². The molecule has 1 N–H and O–H groups in total. The zero-order valence-electron chi connectivity index (χ0n) is 19.1. The molecule has 3 heterocycles. The number of sulfonamides is 1. The first-order chi connectivity index (χ1) is 17.0. The van der Waals surface area contributed by atoms with Gasteiger partial charge in [-0.15, -0.1) is 0 Å². The minimum Gasteiger partial charge on any atom is -0.276 e. The van der Waals surface area contributed by atoms with Gasteiger partial charge in [0.15, 0.2) is 5.15 Å². The van der Waals surface area contributed by atoms with Gasteiger partial charge in [-0.25, -0.2) is 36.5 Å². The maximum absolute atomic E-state index is 14.8. The first-order valence-corrected chi connectivity index (χ1v) is 12.5. The molecular formula is C24H19ClF3N5O2S. The molecule has 0 bridgehead atoms. The van der Waals surface area contributed by atoms with Gasteiger partial charge in [-0.2, -0.15) is 0 Å². The fraction of sp³-hybridized carbons (Fsp3) is 0.167. The summed E-state index contributed by atoms with van der Waals surface area (Å²) >= 11 is 6.14. The van der Waals surface area contributed by atoms with Crippen molar-refractivity contribution in [3.8, 4) is 11.1 Å². The largest absolute Gasteiger partial charge is 0.276 e. The van der Waals surface area contributed by atoms with E-state index in [1.165, 1.54) is 13.1 Å². The van der Waals surface area contributed by atoms with Crippen LogP contribution in [-0.4, -0.2) is 28.4 Å². The van der Waals surface area contributed by atoms with Crippen molar-refractivity contribution < 1.29 is 21.6 Å². The lowest BCUT2D eigenvalue weighted by molar-refractivity contribution is 0.551. The number of rotatable bonds is 7. The zero-order chi connectivity index (χ0) is 26.0. The average Bonchev–Trinajstić information content (AvgIpc) is 2.81. The van der Waals surface area contributed by atoms with E-state index in [0.29, 0.717) is 30.4 Å². The van der Waals surface area contributed by atoms with Gasteiger partial charge < -0.3 is 0 Å². The number of hydrogen-bond donors (Lipinski definition) is 1. The summed E-state index contributed by atoms with van der Waals surface area (Å²) < 4.78 is 70.0. The van der Waals surface area contributed by atoms with Gasteiger partial charge in [0.25, 0.3) is 10.0 Å². The number of nitrogens with one attached hydrogen (secondary N) is 1. The van der Waals surface area contributed by atoms with Crippen molar-refractivity contribution >= 4 is 27.3 Å². The van der Waals surface area contributed by atoms with Crippen LogP contribution in [0, 0.1) is 31.3 Å². The molecule has 0 aliphatic heterocycles. The molecule has 186 valence electrons. The highest BCUT2D eigenvalue weighted by atomic mass is 35.5. The lowest BCUT2D eigenvalue weighted by Gasteiger charge is -2.16. The summed E-state index contributed by atoms with van der Waals surface area (Å²) in [5.41, 5.74) is 1.87. The molecule has 0 aliphatic carbocycles. The molecule has 1 aromatic carbocycles. The predicted molar refractivity (Wildman–Crippen MR) is 129 cm³/mol. The molecule has 0 saturated carbocycles. The summed E-state index contributed by atoms with van der Waals surface area (Å²) in [6.45, 7) is 3.30. The maximum Gasteiger partial charge on any atom is 0.264 e. The van der Waals surface area contributed by atoms with E-state index >= 15 is 0 Å². The first-order valence-electron chi connectivity index (χ1n) is 10.6. The molecule has 0 atom stereocenters. The summed E-state index contributed by atoms with van der Waals surface area (Å²) in [5.74, 6) is -2.21. The lowest BCUT2D eigenvalue weighted by Crippen LogP contribution is -2.16. The third kappa shape index (κ3) is 5.47. The Labute approximate surface area is 210 Å². The van der Waals surface area contributed by atoms with E-state index in [1.54, 1.807) is 25.3 Å². The van der Waals surface area contributed by atoms with Crippen molar-refractivity contribution in [3.63, 3.8) is 0 Å². The second-order valence-corrected chi connectivity index (χ2v) is 9.90. The van der Waals surface area contributed by atoms with Gasteiger partial charge in [0.2, 0.25) is 0 Å². The SMILES string of the molecule is Cc1nccc(CCc2cc(-c3cnc(Cl)c(NS(=O)(=O)c4ccc(F)cc4F)c3C)c(F)cn2)n1. The Hall–Kier alpha value is -3.57. The molecular weight excluding hydrogens is 515 g/mol. The Morgan fingerprint density at radius 3 is 2.36 bits per heavy atom. The van der Waals surface area contributed by atoms with Crippen LogP contribution in [0.25, 0.3) is 11.1 Å². The van der Waals surface area contributed by atoms with E-state index in [2.05, 4.69) is 24.7 Å². The number of hydrogen-bond acceptors (Lipinski definition) is 6. The van der Waals surface area contributed by atoms with Crippen LogP contribution in [0.1, 0.15) is 22.8 Å². The van der Waals surface area contributed by atoms with Crippen molar-refractivity contribution in [2.24, 2.45) is 0 Å². The van der Waals surface area contributed by atoms with Crippen LogP contribution in [0.4, 0.5) is 18.9 Å². The summed E-state index contributed by atoms with van der Waals surface area (Å²) in [6, 6.07) is 5.39. The number of pyridine rings is 2. The standard InChI is InChI=1S/C24H19ClF3N5O2S/c1-13-19(18-10-17(30-12-21(18)28)5-4-16-7-8-29-14(2)32-16)11-31-24(25)23(13)33-36(34,35)22-6-3-15(26)9-20(22)27/h3,6-12,33H,4-5H2,1-2H3. The molecule has 0 amide bonds. The van der Waals surface area contributed by atoms with E-state index in [9.17, 15) is 21.6 Å². The Bertz CT molecular complexity index is 1570. The number of aryl methyl sites for hydroxylation is 3. The van der Waals surface area contributed by atoms with E-state index in [1.807, 2.05) is 0 Å². The van der Waals surface area contributed by atoms with E-state index in [0.717, 1.165) is 24.0 Å². The fourth-order valence-corrected chi connectivity index (χ4v) is 5.06. The van der Waals surface area contributed by atoms with Crippen molar-refractivity contribution in [1.82, 2.24) is 19.9 Å². The van der Waals surface area contributed by atoms with Crippen LogP contribution in [0.5, 0.6) is 0 Å². The molecule has 36 heavy (non-hydrogen) atoms. The Kier molecular flexibility index (Phi) is 7.23. The molecule has 7 nitrogen and oxygen atoms in total. The van der Waals surface area contributed by atoms with Gasteiger partial charge in [-0.05, 0) is 56.5 Å². The molecule has 0 spiro atoms. The van der Waals surface area contributed by atoms with Crippen LogP contribution in [0.3, 0.4) is 0 Å². The normalized spacial score (nSPS) is 11.5. The lowest BCUT2D eigenvalue weighted by atomic mass is 10.0. The Morgan fingerprint density at radius 2 is 1.64 bits per heavy atom. The van der Waals surface area contributed by atoms with Gasteiger partial charge >= 0.3 is 0 Å². The molecule has 0 radical (unpaired) electrons. The van der Waals surface area contributed by atoms with E-state index in [4.69, 9.17) is 11.6 Å². The minimum absolute atomic E-state index is 0.133. The highest BCUT2D eigenvalue weighted by Gasteiger charge is 2.24. The van der Waals surface area contributed by atoms with E-state index in [-0.39, 0.29) is 27.5 Å². The van der Waals surface area contributed by atoms with Crippen LogP contribution in [0.15, 0.2) is 53.8 Å². The van der Waals surface area contributed by atoms with Gasteiger partial charge in [-0.1, -0.05) is 11.6 Å². The number of benzene rings is 1. The number of nitrogens with zero attached hydrogens (tertiary/aromatic N) is 4. The smallest absolute Gasteiger partial charge is 0.264 e. The van der Waals surface area contributed by atoms with Gasteiger partial charge in [0.05, 0.1) is 11.9 Å². The van der Waals surface area contributed by atoms with Gasteiger partial charge in [0.1, 0.15) is 28.2 Å². The van der Waals surface area contributed by atoms with Crippen LogP contribution in [0.2, 0.25) is 5.15 Å². The van der Waals surface area contributed by atoms with Crippen LogP contribution < -0.4 is 4.72 Å². The minimum atomic E-state index is -4.50.